The van der Waals surface area contributed by atoms with Gasteiger partial charge >= 0.3 is 6.09 Å². The van der Waals surface area contributed by atoms with E-state index in [-0.39, 0.29) is 31.4 Å². The van der Waals surface area contributed by atoms with Crippen LogP contribution in [0.15, 0.2) is 36.4 Å². The van der Waals surface area contributed by atoms with Crippen molar-refractivity contribution in [3.05, 3.63) is 52.5 Å². The molecule has 0 radical (unpaired) electrons. The largest absolute Gasteiger partial charge is 0.484 e. The molecule has 0 bridgehead atoms. The highest BCUT2D eigenvalue weighted by Crippen LogP contribution is 2.26. The molecule has 0 fully saturated rings. The Labute approximate surface area is 199 Å². The fourth-order valence-corrected chi connectivity index (χ4v) is 2.94. The summed E-state index contributed by atoms with van der Waals surface area (Å²) in [5, 5.41) is 8.66. The van der Waals surface area contributed by atoms with Gasteiger partial charge in [-0.1, -0.05) is 23.7 Å². The Morgan fingerprint density at radius 1 is 0.939 bits per heavy atom. The van der Waals surface area contributed by atoms with Crippen LogP contribution in [0.25, 0.3) is 0 Å². The van der Waals surface area contributed by atoms with Crippen molar-refractivity contribution in [1.82, 2.24) is 5.32 Å². The first-order chi connectivity index (χ1) is 15.4. The molecule has 3 N–H and O–H groups in total. The third kappa shape index (κ3) is 9.02. The maximum atomic E-state index is 12.4. The van der Waals surface area contributed by atoms with Crippen LogP contribution in [-0.2, 0) is 14.3 Å². The molecule has 33 heavy (non-hydrogen) atoms. The molecule has 178 valence electrons. The predicted molar refractivity (Wildman–Crippen MR) is 129 cm³/mol. The highest BCUT2D eigenvalue weighted by Gasteiger charge is 2.16. The predicted octanol–water partition coefficient (Wildman–Crippen LogP) is 4.83. The lowest BCUT2D eigenvalue weighted by Crippen LogP contribution is -2.34. The standard InChI is InChI=1S/C24H30ClN3O5/c1-15-12-17(13-16(2)22(15)25)32-14-21(30)28-19-9-7-6-8-18(19)27-20(29)10-11-26-23(31)33-24(3,4)5/h6-9,12-13H,10-11,14H2,1-5H3,(H,26,31)(H,27,29)(H,28,30). The third-order valence-corrected chi connectivity index (χ3v) is 4.87. The zero-order valence-electron chi connectivity index (χ0n) is 19.5. The summed E-state index contributed by atoms with van der Waals surface area (Å²) in [6.45, 7) is 8.91. The molecule has 0 unspecified atom stereocenters. The van der Waals surface area contributed by atoms with Gasteiger partial charge in [-0.3, -0.25) is 9.59 Å². The van der Waals surface area contributed by atoms with Gasteiger partial charge in [-0.25, -0.2) is 4.79 Å². The lowest BCUT2D eigenvalue weighted by molar-refractivity contribution is -0.118. The molecule has 2 aromatic carbocycles. The van der Waals surface area contributed by atoms with Crippen LogP contribution in [0.5, 0.6) is 5.75 Å². The van der Waals surface area contributed by atoms with Gasteiger partial charge in [-0.2, -0.15) is 0 Å². The molecule has 0 aliphatic rings. The van der Waals surface area contributed by atoms with Crippen LogP contribution in [0.1, 0.15) is 38.3 Å². The molecule has 0 aromatic heterocycles. The van der Waals surface area contributed by atoms with E-state index in [9.17, 15) is 14.4 Å². The summed E-state index contributed by atoms with van der Waals surface area (Å²) in [4.78, 5) is 36.3. The van der Waals surface area contributed by atoms with E-state index < -0.39 is 11.7 Å². The van der Waals surface area contributed by atoms with Gasteiger partial charge < -0.3 is 25.4 Å². The van der Waals surface area contributed by atoms with E-state index in [1.165, 1.54) is 0 Å². The first-order valence-corrected chi connectivity index (χ1v) is 10.9. The number of carbonyl (C=O) groups is 3. The normalized spacial score (nSPS) is 10.8. The molecule has 0 aliphatic heterocycles. The van der Waals surface area contributed by atoms with Crippen LogP contribution < -0.4 is 20.7 Å². The maximum Gasteiger partial charge on any atom is 0.407 e. The Morgan fingerprint density at radius 3 is 2.03 bits per heavy atom. The first-order valence-electron chi connectivity index (χ1n) is 10.5. The highest BCUT2D eigenvalue weighted by molar-refractivity contribution is 6.32. The minimum atomic E-state index is -0.613. The zero-order chi connectivity index (χ0) is 24.6. The molecular weight excluding hydrogens is 446 g/mol. The molecular formula is C24H30ClN3O5. The Bertz CT molecular complexity index is 994. The summed E-state index contributed by atoms with van der Waals surface area (Å²) in [6, 6.07) is 10.3. The number of hydrogen-bond acceptors (Lipinski definition) is 5. The quantitative estimate of drug-likeness (QED) is 0.507. The number of hydrogen-bond donors (Lipinski definition) is 3. The van der Waals surface area contributed by atoms with E-state index in [1.807, 2.05) is 13.8 Å². The van der Waals surface area contributed by atoms with Crippen LogP contribution in [0.2, 0.25) is 5.02 Å². The first kappa shape index (κ1) is 26.0. The van der Waals surface area contributed by atoms with Gasteiger partial charge in [-0.15, -0.1) is 0 Å². The monoisotopic (exact) mass is 475 g/mol. The molecule has 0 saturated heterocycles. The Balaban J connectivity index is 1.87. The molecule has 2 rings (SSSR count). The van der Waals surface area contributed by atoms with Crippen molar-refractivity contribution < 1.29 is 23.9 Å². The number of alkyl carbamates (subject to hydrolysis) is 1. The van der Waals surface area contributed by atoms with Gasteiger partial charge in [0.25, 0.3) is 5.91 Å². The van der Waals surface area contributed by atoms with Gasteiger partial charge in [0.2, 0.25) is 5.91 Å². The average Bonchev–Trinajstić information content (AvgIpc) is 2.70. The van der Waals surface area contributed by atoms with Gasteiger partial charge in [0, 0.05) is 18.0 Å². The van der Waals surface area contributed by atoms with E-state index in [4.69, 9.17) is 21.1 Å². The van der Waals surface area contributed by atoms with Gasteiger partial charge in [0.05, 0.1) is 11.4 Å². The summed E-state index contributed by atoms with van der Waals surface area (Å²) in [5.74, 6) is -0.159. The van der Waals surface area contributed by atoms with Crippen LogP contribution in [0.3, 0.4) is 0 Å². The smallest absolute Gasteiger partial charge is 0.407 e. The highest BCUT2D eigenvalue weighted by atomic mass is 35.5. The summed E-state index contributed by atoms with van der Waals surface area (Å²) >= 11 is 6.15. The zero-order valence-corrected chi connectivity index (χ0v) is 20.3. The minimum absolute atomic E-state index is 0.0416. The molecule has 9 heteroatoms. The topological polar surface area (TPSA) is 106 Å². The molecule has 0 aliphatic carbocycles. The molecule has 0 spiro atoms. The van der Waals surface area contributed by atoms with E-state index in [0.29, 0.717) is 22.1 Å². The van der Waals surface area contributed by atoms with Crippen molar-refractivity contribution in [3.8, 4) is 5.75 Å². The summed E-state index contributed by atoms with van der Waals surface area (Å²) < 4.78 is 10.7. The molecule has 2 aromatic rings. The van der Waals surface area contributed by atoms with E-state index >= 15 is 0 Å². The second-order valence-corrected chi connectivity index (χ2v) is 8.86. The number of amides is 3. The number of rotatable bonds is 8. The SMILES string of the molecule is Cc1cc(OCC(=O)Nc2ccccc2NC(=O)CCNC(=O)OC(C)(C)C)cc(C)c1Cl. The average molecular weight is 476 g/mol. The van der Waals surface area contributed by atoms with Gasteiger partial charge in [-0.05, 0) is 70.0 Å². The number of nitrogens with one attached hydrogen (secondary N) is 3. The molecule has 8 nitrogen and oxygen atoms in total. The lowest BCUT2D eigenvalue weighted by atomic mass is 10.1. The van der Waals surface area contributed by atoms with E-state index in [0.717, 1.165) is 11.1 Å². The van der Waals surface area contributed by atoms with Crippen LogP contribution in [-0.4, -0.2) is 36.7 Å². The van der Waals surface area contributed by atoms with Gasteiger partial charge in [0.15, 0.2) is 6.61 Å². The van der Waals surface area contributed by atoms with Crippen LogP contribution in [0.4, 0.5) is 16.2 Å². The maximum absolute atomic E-state index is 12.4. The summed E-state index contributed by atoms with van der Waals surface area (Å²) in [7, 11) is 0. The summed E-state index contributed by atoms with van der Waals surface area (Å²) in [6.07, 6.45) is -0.547. The number of benzene rings is 2. The molecule has 0 saturated carbocycles. The molecule has 0 atom stereocenters. The second kappa shape index (κ2) is 11.6. The Morgan fingerprint density at radius 2 is 1.48 bits per heavy atom. The van der Waals surface area contributed by atoms with E-state index in [2.05, 4.69) is 16.0 Å². The van der Waals surface area contributed by atoms with Crippen molar-refractivity contribution in [2.24, 2.45) is 0 Å². The Kier molecular flexibility index (Phi) is 9.11. The van der Waals surface area contributed by atoms with Crippen LogP contribution in [0, 0.1) is 13.8 Å². The fourth-order valence-electron chi connectivity index (χ4n) is 2.83. The molecule has 3 amide bonds. The number of aryl methyl sites for hydroxylation is 2. The van der Waals surface area contributed by atoms with Gasteiger partial charge in [0.1, 0.15) is 11.4 Å². The number of carbonyl (C=O) groups excluding carboxylic acids is 3. The van der Waals surface area contributed by atoms with Crippen molar-refractivity contribution in [2.45, 2.75) is 46.6 Å². The number of ether oxygens (including phenoxy) is 2. The van der Waals surface area contributed by atoms with E-state index in [1.54, 1.807) is 57.2 Å². The minimum Gasteiger partial charge on any atom is -0.484 e. The van der Waals surface area contributed by atoms with Crippen molar-refractivity contribution in [1.29, 1.82) is 0 Å². The number of anilines is 2. The van der Waals surface area contributed by atoms with Crippen molar-refractivity contribution in [3.63, 3.8) is 0 Å². The second-order valence-electron chi connectivity index (χ2n) is 8.48. The number of halogens is 1. The molecule has 0 heterocycles. The number of para-hydroxylation sites is 2. The Hall–Kier alpha value is -3.26. The summed E-state index contributed by atoms with van der Waals surface area (Å²) in [5.41, 5.74) is 1.98. The third-order valence-electron chi connectivity index (χ3n) is 4.28. The van der Waals surface area contributed by atoms with Crippen molar-refractivity contribution >= 4 is 40.9 Å². The van der Waals surface area contributed by atoms with Crippen molar-refractivity contribution in [2.75, 3.05) is 23.8 Å². The van der Waals surface area contributed by atoms with Crippen LogP contribution >= 0.6 is 11.6 Å². The fraction of sp³-hybridized carbons (Fsp3) is 0.375. The lowest BCUT2D eigenvalue weighted by Gasteiger charge is -2.19.